The van der Waals surface area contributed by atoms with E-state index in [-0.39, 0.29) is 32.1 Å². The molecule has 146 valence electrons. The Kier molecular flexibility index (Phi) is 6.06. The van der Waals surface area contributed by atoms with Gasteiger partial charge in [0.2, 0.25) is 11.8 Å². The highest BCUT2D eigenvalue weighted by Gasteiger charge is 2.37. The van der Waals surface area contributed by atoms with Crippen molar-refractivity contribution in [3.05, 3.63) is 55.1 Å². The summed E-state index contributed by atoms with van der Waals surface area (Å²) in [7, 11) is 0. The number of ether oxygens (including phenoxy) is 1. The van der Waals surface area contributed by atoms with Crippen molar-refractivity contribution < 1.29 is 24.2 Å². The average molecular weight is 382 g/mol. The third kappa shape index (κ3) is 4.20. The molecule has 0 aliphatic carbocycles. The molecule has 1 aliphatic rings. The first kappa shape index (κ1) is 19.6. The summed E-state index contributed by atoms with van der Waals surface area (Å²) in [5.41, 5.74) is 0.752. The number of anilines is 1. The van der Waals surface area contributed by atoms with E-state index in [1.807, 2.05) is 42.5 Å². The molecule has 3 rings (SSSR count). The second kappa shape index (κ2) is 8.67. The van der Waals surface area contributed by atoms with E-state index < -0.39 is 23.8 Å². The summed E-state index contributed by atoms with van der Waals surface area (Å²) in [5, 5.41) is 13.7. The normalized spacial score (nSPS) is 17.5. The Morgan fingerprint density at radius 3 is 2.79 bits per heavy atom. The van der Waals surface area contributed by atoms with Gasteiger partial charge in [0, 0.05) is 18.4 Å². The molecule has 1 heterocycles. The van der Waals surface area contributed by atoms with Gasteiger partial charge in [0.25, 0.3) is 0 Å². The molecule has 0 bridgehead atoms. The number of fused-ring (bicyclic) bond motifs is 1. The number of rotatable bonds is 8. The summed E-state index contributed by atoms with van der Waals surface area (Å²) in [5.74, 6) is -2.43. The van der Waals surface area contributed by atoms with Gasteiger partial charge in [-0.3, -0.25) is 9.59 Å². The van der Waals surface area contributed by atoms with Crippen molar-refractivity contribution in [1.29, 1.82) is 0 Å². The first-order valence-electron chi connectivity index (χ1n) is 9.01. The number of carbonyl (C=O) groups is 3. The lowest BCUT2D eigenvalue weighted by atomic mass is 10.1. The molecule has 0 radical (unpaired) electrons. The fourth-order valence-electron chi connectivity index (χ4n) is 3.29. The first-order chi connectivity index (χ1) is 13.5. The Morgan fingerprint density at radius 2 is 2.04 bits per heavy atom. The van der Waals surface area contributed by atoms with Gasteiger partial charge in [-0.2, -0.15) is 0 Å². The fraction of sp³-hybridized carbons (Fsp3) is 0.286. The zero-order valence-electron chi connectivity index (χ0n) is 15.3. The molecule has 7 nitrogen and oxygen atoms in total. The minimum atomic E-state index is -1.19. The zero-order chi connectivity index (χ0) is 20.1. The van der Waals surface area contributed by atoms with Gasteiger partial charge >= 0.3 is 5.97 Å². The fourth-order valence-corrected chi connectivity index (χ4v) is 3.29. The predicted molar refractivity (Wildman–Crippen MR) is 105 cm³/mol. The number of carbonyl (C=O) groups excluding carboxylic acids is 2. The number of nitrogens with zero attached hydrogens (tertiary/aromatic N) is 1. The molecule has 28 heavy (non-hydrogen) atoms. The average Bonchev–Trinajstić information content (AvgIpc) is 3.08. The first-order valence-corrected chi connectivity index (χ1v) is 9.01. The number of hydrogen-bond donors (Lipinski definition) is 2. The van der Waals surface area contributed by atoms with Crippen molar-refractivity contribution in [2.75, 3.05) is 24.7 Å². The Bertz CT molecular complexity index is 905. The van der Waals surface area contributed by atoms with Gasteiger partial charge in [-0.05, 0) is 11.5 Å². The standard InChI is InChI=1S/C21H22N2O5/c1-2-10-28-13-17(21(26)27)22-20(25)15-11-19(24)23(12-15)18-9-5-7-14-6-3-4-8-16(14)18/h2-9,15,17H,1,10-13H2,(H,22,25)(H,26,27). The van der Waals surface area contributed by atoms with Crippen LogP contribution in [0.4, 0.5) is 5.69 Å². The summed E-state index contributed by atoms with van der Waals surface area (Å²) in [6.07, 6.45) is 1.54. The highest BCUT2D eigenvalue weighted by atomic mass is 16.5. The largest absolute Gasteiger partial charge is 0.480 e. The van der Waals surface area contributed by atoms with Crippen LogP contribution in [-0.2, 0) is 19.1 Å². The van der Waals surface area contributed by atoms with Crippen LogP contribution < -0.4 is 10.2 Å². The minimum absolute atomic E-state index is 0.0366. The Balaban J connectivity index is 1.72. The van der Waals surface area contributed by atoms with Crippen molar-refractivity contribution >= 4 is 34.2 Å². The van der Waals surface area contributed by atoms with Crippen molar-refractivity contribution in [2.24, 2.45) is 5.92 Å². The van der Waals surface area contributed by atoms with Gasteiger partial charge in [0.05, 0.1) is 24.8 Å². The Labute approximate surface area is 162 Å². The summed E-state index contributed by atoms with van der Waals surface area (Å²) in [6.45, 7) is 3.72. The molecule has 0 aromatic heterocycles. The number of hydrogen-bond acceptors (Lipinski definition) is 4. The quantitative estimate of drug-likeness (QED) is 0.538. The molecule has 2 atom stereocenters. The second-order valence-corrected chi connectivity index (χ2v) is 6.63. The number of nitrogens with one attached hydrogen (secondary N) is 1. The molecule has 2 aromatic carbocycles. The van der Waals surface area contributed by atoms with Crippen molar-refractivity contribution in [3.8, 4) is 0 Å². The number of carboxylic acid groups (broad SMARTS) is 1. The van der Waals surface area contributed by atoms with E-state index in [9.17, 15) is 19.5 Å². The van der Waals surface area contributed by atoms with Gasteiger partial charge in [0.15, 0.2) is 6.04 Å². The number of carboxylic acids is 1. The molecule has 7 heteroatoms. The third-order valence-corrected chi connectivity index (χ3v) is 4.69. The van der Waals surface area contributed by atoms with Crippen molar-refractivity contribution in [3.63, 3.8) is 0 Å². The summed E-state index contributed by atoms with van der Waals surface area (Å²) in [4.78, 5) is 38.0. The topological polar surface area (TPSA) is 95.9 Å². The van der Waals surface area contributed by atoms with Crippen LogP contribution in [-0.4, -0.2) is 48.7 Å². The van der Waals surface area contributed by atoms with Crippen LogP contribution in [0.5, 0.6) is 0 Å². The lowest BCUT2D eigenvalue weighted by Crippen LogP contribution is -2.46. The van der Waals surface area contributed by atoms with Crippen LogP contribution in [0.3, 0.4) is 0 Å². The molecule has 2 aromatic rings. The van der Waals surface area contributed by atoms with E-state index in [0.29, 0.717) is 0 Å². The van der Waals surface area contributed by atoms with Gasteiger partial charge in [-0.15, -0.1) is 6.58 Å². The Morgan fingerprint density at radius 1 is 1.29 bits per heavy atom. The van der Waals surface area contributed by atoms with E-state index in [0.717, 1.165) is 16.5 Å². The van der Waals surface area contributed by atoms with Crippen LogP contribution >= 0.6 is 0 Å². The molecule has 2 unspecified atom stereocenters. The van der Waals surface area contributed by atoms with E-state index >= 15 is 0 Å². The molecule has 1 aliphatic heterocycles. The summed E-state index contributed by atoms with van der Waals surface area (Å²) in [6, 6.07) is 12.2. The maximum Gasteiger partial charge on any atom is 0.328 e. The SMILES string of the molecule is C=CCOCC(NC(=O)C1CC(=O)N(c2cccc3ccccc23)C1)C(=O)O. The van der Waals surface area contributed by atoms with E-state index in [1.165, 1.54) is 6.08 Å². The monoisotopic (exact) mass is 382 g/mol. The lowest BCUT2D eigenvalue weighted by molar-refractivity contribution is -0.144. The third-order valence-electron chi connectivity index (χ3n) is 4.69. The van der Waals surface area contributed by atoms with Crippen LogP contribution in [0.25, 0.3) is 10.8 Å². The van der Waals surface area contributed by atoms with Gasteiger partial charge < -0.3 is 20.1 Å². The minimum Gasteiger partial charge on any atom is -0.480 e. The van der Waals surface area contributed by atoms with E-state index in [2.05, 4.69) is 11.9 Å². The molecular formula is C21H22N2O5. The molecule has 1 saturated heterocycles. The molecule has 1 fully saturated rings. The van der Waals surface area contributed by atoms with Crippen LogP contribution in [0, 0.1) is 5.92 Å². The molecular weight excluding hydrogens is 360 g/mol. The predicted octanol–water partition coefficient (Wildman–Crippen LogP) is 1.96. The highest BCUT2D eigenvalue weighted by molar-refractivity contribution is 6.07. The van der Waals surface area contributed by atoms with Crippen LogP contribution in [0.1, 0.15) is 6.42 Å². The number of amides is 2. The van der Waals surface area contributed by atoms with Crippen molar-refractivity contribution in [1.82, 2.24) is 5.32 Å². The molecule has 2 N–H and O–H groups in total. The number of aliphatic carboxylic acids is 1. The molecule has 0 saturated carbocycles. The van der Waals surface area contributed by atoms with E-state index in [1.54, 1.807) is 4.90 Å². The van der Waals surface area contributed by atoms with E-state index in [4.69, 9.17) is 4.74 Å². The zero-order valence-corrected chi connectivity index (χ0v) is 15.3. The van der Waals surface area contributed by atoms with Crippen molar-refractivity contribution in [2.45, 2.75) is 12.5 Å². The van der Waals surface area contributed by atoms with Crippen LogP contribution in [0.15, 0.2) is 55.1 Å². The second-order valence-electron chi connectivity index (χ2n) is 6.63. The smallest absolute Gasteiger partial charge is 0.328 e. The summed E-state index contributed by atoms with van der Waals surface area (Å²) < 4.78 is 5.14. The van der Waals surface area contributed by atoms with Gasteiger partial charge in [0.1, 0.15) is 0 Å². The highest BCUT2D eigenvalue weighted by Crippen LogP contribution is 2.31. The van der Waals surface area contributed by atoms with Gasteiger partial charge in [-0.1, -0.05) is 42.5 Å². The lowest BCUT2D eigenvalue weighted by Gasteiger charge is -2.20. The molecule has 2 amide bonds. The molecule has 0 spiro atoms. The number of benzene rings is 2. The van der Waals surface area contributed by atoms with Crippen LogP contribution in [0.2, 0.25) is 0 Å². The summed E-state index contributed by atoms with van der Waals surface area (Å²) >= 11 is 0. The maximum atomic E-state index is 12.6. The Hall–Kier alpha value is -3.19. The van der Waals surface area contributed by atoms with Gasteiger partial charge in [-0.25, -0.2) is 4.79 Å². The maximum absolute atomic E-state index is 12.6.